The Morgan fingerprint density at radius 2 is 0.909 bits per heavy atom. The summed E-state index contributed by atoms with van der Waals surface area (Å²) in [4.78, 5) is 14.5. The van der Waals surface area contributed by atoms with Crippen molar-refractivity contribution in [1.29, 1.82) is 0 Å². The van der Waals surface area contributed by atoms with Gasteiger partial charge in [-0.05, 0) is 120 Å². The second kappa shape index (κ2) is 16.7. The van der Waals surface area contributed by atoms with Crippen molar-refractivity contribution in [2.75, 3.05) is 0 Å². The van der Waals surface area contributed by atoms with E-state index in [1.54, 1.807) is 6.07 Å². The monoisotopic (exact) mass is 992 g/mol. The Hall–Kier alpha value is -3.91. The Morgan fingerprint density at radius 1 is 0.491 bits per heavy atom. The average molecular weight is 996 g/mol. The fourth-order valence-corrected chi connectivity index (χ4v) is 11.9. The number of aromatic nitrogens is 1. The number of nitrogens with one attached hydrogen (secondary N) is 1. The molecule has 0 saturated heterocycles. The van der Waals surface area contributed by atoms with Crippen LogP contribution in [-0.2, 0) is 25.7 Å². The molecule has 55 heavy (non-hydrogen) atoms. The highest BCUT2D eigenvalue weighted by atomic mass is 79.9. The largest absolute Gasteiger partial charge is 0.354 e. The van der Waals surface area contributed by atoms with E-state index in [2.05, 4.69) is 184 Å². The molecule has 7 aromatic carbocycles. The molecule has 1 heterocycles. The van der Waals surface area contributed by atoms with E-state index < -0.39 is 7.92 Å². The SMILES string of the molecule is Brc1cc2c3c(c1)[nH]c1cc(Br)cc(c13)CC2.O=[N+]([O-])c1cc(Br)cc2c1-c1ccc(Br)cc1CC2.c1ccc(P(c2ccccc2)c2ccccc2)cc1. The summed E-state index contributed by atoms with van der Waals surface area (Å²) in [5.41, 5.74) is 9.50. The van der Waals surface area contributed by atoms with Crippen LogP contribution in [0.3, 0.4) is 0 Å². The standard InChI is InChI=1S/C18H15P.C14H9Br2NO2.C14H9Br2N/c1-4-10-16(11-5-1)19(17-12-6-2-7-13-17)18-14-8-3-9-15-18;15-10-3-4-12-8(5-10)1-2-9-6-11(16)7-13(14(9)12)17(18)19;15-9-3-7-1-2-8-4-10(16)6-12-14(8)13(7)11(5-9)17-12/h1-15H;3-7H,1-2H2;3-6,17H,1-2H2. The van der Waals surface area contributed by atoms with E-state index in [4.69, 9.17) is 0 Å². The maximum absolute atomic E-state index is 11.3. The lowest BCUT2D eigenvalue weighted by Crippen LogP contribution is -2.20. The van der Waals surface area contributed by atoms with E-state index >= 15 is 0 Å². The molecule has 0 amide bonds. The topological polar surface area (TPSA) is 58.9 Å². The molecule has 4 nitrogen and oxygen atoms in total. The Bertz CT molecular complexity index is 2530. The third-order valence-electron chi connectivity index (χ3n) is 9.96. The molecule has 0 bridgehead atoms. The van der Waals surface area contributed by atoms with Gasteiger partial charge in [0.25, 0.3) is 5.69 Å². The van der Waals surface area contributed by atoms with E-state index in [0.29, 0.717) is 0 Å². The first-order chi connectivity index (χ1) is 26.7. The van der Waals surface area contributed by atoms with Crippen LogP contribution in [-0.4, -0.2) is 9.91 Å². The number of hydrogen-bond donors (Lipinski definition) is 1. The van der Waals surface area contributed by atoms with Gasteiger partial charge >= 0.3 is 0 Å². The number of nitro groups is 1. The second-order valence-corrected chi connectivity index (χ2v) is 19.3. The zero-order valence-corrected chi connectivity index (χ0v) is 36.6. The van der Waals surface area contributed by atoms with E-state index in [-0.39, 0.29) is 10.6 Å². The van der Waals surface area contributed by atoms with E-state index in [0.717, 1.165) is 65.8 Å². The lowest BCUT2D eigenvalue weighted by Gasteiger charge is -2.20. The van der Waals surface area contributed by atoms with Gasteiger partial charge in [-0.2, -0.15) is 0 Å². The number of halogens is 4. The van der Waals surface area contributed by atoms with Gasteiger partial charge in [-0.25, -0.2) is 0 Å². The predicted molar refractivity (Wildman–Crippen MR) is 245 cm³/mol. The molecule has 0 unspecified atom stereocenters. The summed E-state index contributed by atoms with van der Waals surface area (Å²) < 4.78 is 4.09. The number of nitro benzene ring substituents is 1. The van der Waals surface area contributed by atoms with Crippen LogP contribution in [0.1, 0.15) is 22.3 Å². The normalized spacial score (nSPS) is 12.4. The highest BCUT2D eigenvalue weighted by molar-refractivity contribution is 9.11. The molecular formula is C46H33Br4N2O2P. The van der Waals surface area contributed by atoms with Gasteiger partial charge in [-0.3, -0.25) is 10.1 Å². The van der Waals surface area contributed by atoms with Crippen molar-refractivity contribution in [3.8, 4) is 11.1 Å². The van der Waals surface area contributed by atoms with Crippen LogP contribution < -0.4 is 15.9 Å². The second-order valence-electron chi connectivity index (χ2n) is 13.5. The third-order valence-corrected chi connectivity index (χ3v) is 14.3. The summed E-state index contributed by atoms with van der Waals surface area (Å²) in [5, 5.41) is 18.3. The Morgan fingerprint density at radius 3 is 1.40 bits per heavy atom. The molecule has 0 atom stereocenters. The summed E-state index contributed by atoms with van der Waals surface area (Å²) in [6, 6.07) is 50.7. The molecule has 0 fully saturated rings. The van der Waals surface area contributed by atoms with Crippen molar-refractivity contribution < 1.29 is 4.92 Å². The van der Waals surface area contributed by atoms with Crippen LogP contribution in [0.25, 0.3) is 32.9 Å². The molecule has 0 aliphatic heterocycles. The number of rotatable bonds is 4. The molecule has 0 saturated carbocycles. The molecule has 8 aromatic rings. The van der Waals surface area contributed by atoms with Crippen molar-refractivity contribution in [2.24, 2.45) is 0 Å². The first-order valence-corrected chi connectivity index (χ1v) is 22.4. The first kappa shape index (κ1) is 38.0. The number of aromatic amines is 1. The smallest absolute Gasteiger partial charge is 0.278 e. The molecule has 1 N–H and O–H groups in total. The van der Waals surface area contributed by atoms with Gasteiger partial charge < -0.3 is 4.98 Å². The van der Waals surface area contributed by atoms with Crippen LogP contribution in [0.2, 0.25) is 0 Å². The maximum Gasteiger partial charge on any atom is 0.278 e. The van der Waals surface area contributed by atoms with Crippen molar-refractivity contribution in [2.45, 2.75) is 25.7 Å². The maximum atomic E-state index is 11.3. The lowest BCUT2D eigenvalue weighted by molar-refractivity contribution is -0.384. The molecule has 2 aliphatic rings. The molecule has 2 aliphatic carbocycles. The highest BCUT2D eigenvalue weighted by Gasteiger charge is 2.26. The number of hydrogen-bond acceptors (Lipinski definition) is 2. The van der Waals surface area contributed by atoms with Crippen molar-refractivity contribution in [3.05, 3.63) is 196 Å². The Kier molecular flexibility index (Phi) is 11.5. The van der Waals surface area contributed by atoms with E-state index in [9.17, 15) is 10.1 Å². The fraction of sp³-hybridized carbons (Fsp3) is 0.0870. The average Bonchev–Trinajstić information content (AvgIpc) is 3.56. The summed E-state index contributed by atoms with van der Waals surface area (Å²) in [5.74, 6) is 0. The molecule has 9 heteroatoms. The predicted octanol–water partition coefficient (Wildman–Crippen LogP) is 13.3. The lowest BCUT2D eigenvalue weighted by atomic mass is 9.85. The summed E-state index contributed by atoms with van der Waals surface area (Å²) in [7, 11) is -0.446. The summed E-state index contributed by atoms with van der Waals surface area (Å²) >= 11 is 14.0. The number of H-pyrrole nitrogens is 1. The van der Waals surface area contributed by atoms with Crippen molar-refractivity contribution in [3.63, 3.8) is 0 Å². The van der Waals surface area contributed by atoms with Gasteiger partial charge in [0, 0.05) is 45.8 Å². The minimum absolute atomic E-state index is 0.174. The minimum atomic E-state index is -0.446. The van der Waals surface area contributed by atoms with Crippen LogP contribution in [0, 0.1) is 10.1 Å². The molecular weight excluding hydrogens is 963 g/mol. The van der Waals surface area contributed by atoms with E-state index in [1.807, 2.05) is 24.3 Å². The zero-order valence-electron chi connectivity index (χ0n) is 29.4. The van der Waals surface area contributed by atoms with Gasteiger partial charge in [0.15, 0.2) is 0 Å². The molecule has 1 aromatic heterocycles. The number of fused-ring (bicyclic) bond motifs is 3. The van der Waals surface area contributed by atoms with E-state index in [1.165, 1.54) is 48.8 Å². The number of aryl methyl sites for hydroxylation is 4. The minimum Gasteiger partial charge on any atom is -0.354 e. The van der Waals surface area contributed by atoms with Crippen LogP contribution >= 0.6 is 71.6 Å². The third kappa shape index (κ3) is 8.17. The molecule has 272 valence electrons. The number of benzene rings is 7. The van der Waals surface area contributed by atoms with Crippen molar-refractivity contribution >= 4 is 115 Å². The van der Waals surface area contributed by atoms with Gasteiger partial charge in [0.2, 0.25) is 0 Å². The fourth-order valence-electron chi connectivity index (χ4n) is 7.68. The Balaban J connectivity index is 0.000000117. The Labute approximate surface area is 354 Å². The molecule has 10 rings (SSSR count). The highest BCUT2D eigenvalue weighted by Crippen LogP contribution is 2.43. The quantitative estimate of drug-likeness (QED) is 0.108. The summed E-state index contributed by atoms with van der Waals surface area (Å²) in [6.07, 6.45) is 4.01. The zero-order chi connectivity index (χ0) is 38.1. The van der Waals surface area contributed by atoms with Gasteiger partial charge in [0.1, 0.15) is 0 Å². The first-order valence-electron chi connectivity index (χ1n) is 17.9. The molecule has 0 radical (unpaired) electrons. The van der Waals surface area contributed by atoms with Gasteiger partial charge in [-0.1, -0.05) is 161 Å². The van der Waals surface area contributed by atoms with Gasteiger partial charge in [-0.15, -0.1) is 0 Å². The van der Waals surface area contributed by atoms with Crippen LogP contribution in [0.4, 0.5) is 5.69 Å². The molecule has 0 spiro atoms. The van der Waals surface area contributed by atoms with Crippen LogP contribution in [0.15, 0.2) is 163 Å². The van der Waals surface area contributed by atoms with Gasteiger partial charge in [0.05, 0.1) is 10.5 Å². The summed E-state index contributed by atoms with van der Waals surface area (Å²) in [6.45, 7) is 0. The number of nitrogens with zero attached hydrogens (tertiary/aromatic N) is 1. The van der Waals surface area contributed by atoms with Crippen molar-refractivity contribution in [1.82, 2.24) is 4.98 Å². The van der Waals surface area contributed by atoms with Crippen LogP contribution in [0.5, 0.6) is 0 Å².